The highest BCUT2D eigenvalue weighted by Gasteiger charge is 2.36. The minimum absolute atomic E-state index is 0.112. The molecule has 1 unspecified atom stereocenters. The van der Waals surface area contributed by atoms with Crippen molar-refractivity contribution in [3.8, 4) is 5.75 Å². The average molecular weight is 381 g/mol. The van der Waals surface area contributed by atoms with E-state index in [0.29, 0.717) is 36.8 Å². The van der Waals surface area contributed by atoms with Crippen LogP contribution in [0.3, 0.4) is 0 Å². The molecule has 0 aromatic heterocycles. The molecule has 5 nitrogen and oxygen atoms in total. The van der Waals surface area contributed by atoms with Crippen LogP contribution in [0.4, 0.5) is 0 Å². The summed E-state index contributed by atoms with van der Waals surface area (Å²) in [5, 5.41) is 11.5. The predicted molar refractivity (Wildman–Crippen MR) is 103 cm³/mol. The second-order valence-electron chi connectivity index (χ2n) is 7.85. The van der Waals surface area contributed by atoms with Gasteiger partial charge >= 0.3 is 0 Å². The van der Waals surface area contributed by atoms with Crippen LogP contribution < -0.4 is 4.74 Å². The molecule has 2 heterocycles. The zero-order valence-corrected chi connectivity index (χ0v) is 16.2. The van der Waals surface area contributed by atoms with E-state index < -0.39 is 5.60 Å². The number of carbonyl (C=O) groups excluding carboxylic acids is 1. The molecule has 0 saturated carbocycles. The fourth-order valence-corrected chi connectivity index (χ4v) is 3.91. The largest absolute Gasteiger partial charge is 0.490 e. The van der Waals surface area contributed by atoms with E-state index in [1.807, 2.05) is 12.1 Å². The van der Waals surface area contributed by atoms with E-state index in [4.69, 9.17) is 16.3 Å². The van der Waals surface area contributed by atoms with Crippen molar-refractivity contribution < 1.29 is 14.6 Å². The van der Waals surface area contributed by atoms with Crippen molar-refractivity contribution in [2.24, 2.45) is 5.92 Å². The first-order valence-electron chi connectivity index (χ1n) is 9.54. The first kappa shape index (κ1) is 19.5. The van der Waals surface area contributed by atoms with Crippen molar-refractivity contribution in [2.45, 2.75) is 38.2 Å². The van der Waals surface area contributed by atoms with Crippen LogP contribution in [0, 0.1) is 5.92 Å². The number of ether oxygens (including phenoxy) is 1. The highest BCUT2D eigenvalue weighted by atomic mass is 35.5. The summed E-state index contributed by atoms with van der Waals surface area (Å²) in [5.74, 6) is 1.50. The zero-order chi connectivity index (χ0) is 18.6. The summed E-state index contributed by atoms with van der Waals surface area (Å²) < 4.78 is 5.74. The molecule has 2 aliphatic heterocycles. The second-order valence-corrected chi connectivity index (χ2v) is 8.28. The number of β-amino-alcohol motifs (C(OH)–C–C–N with tert-alkyl or cyclic N) is 1. The van der Waals surface area contributed by atoms with Crippen LogP contribution >= 0.6 is 11.6 Å². The number of amides is 1. The van der Waals surface area contributed by atoms with Gasteiger partial charge in [0.2, 0.25) is 5.91 Å². The van der Waals surface area contributed by atoms with Gasteiger partial charge in [-0.3, -0.25) is 9.69 Å². The van der Waals surface area contributed by atoms with Gasteiger partial charge in [-0.25, -0.2) is 0 Å². The maximum atomic E-state index is 12.7. The third-order valence-electron chi connectivity index (χ3n) is 5.45. The van der Waals surface area contributed by atoms with E-state index >= 15 is 0 Å². The van der Waals surface area contributed by atoms with Crippen LogP contribution in [0.25, 0.3) is 0 Å². The van der Waals surface area contributed by atoms with Gasteiger partial charge in [-0.15, -0.1) is 0 Å². The van der Waals surface area contributed by atoms with Gasteiger partial charge in [0.15, 0.2) is 0 Å². The topological polar surface area (TPSA) is 53.0 Å². The van der Waals surface area contributed by atoms with E-state index in [1.54, 1.807) is 17.0 Å². The van der Waals surface area contributed by atoms with E-state index in [1.165, 1.54) is 0 Å². The zero-order valence-electron chi connectivity index (χ0n) is 15.5. The molecule has 1 N–H and O–H groups in total. The number of hydrogen-bond acceptors (Lipinski definition) is 4. The molecule has 26 heavy (non-hydrogen) atoms. The summed E-state index contributed by atoms with van der Waals surface area (Å²) in [5.41, 5.74) is -1.01. The molecule has 1 atom stereocenters. The quantitative estimate of drug-likeness (QED) is 0.853. The fourth-order valence-electron chi connectivity index (χ4n) is 3.73. The molecule has 1 aromatic carbocycles. The minimum Gasteiger partial charge on any atom is -0.490 e. The van der Waals surface area contributed by atoms with E-state index in [2.05, 4.69) is 11.8 Å². The summed E-state index contributed by atoms with van der Waals surface area (Å²) in [4.78, 5) is 16.7. The highest BCUT2D eigenvalue weighted by molar-refractivity contribution is 6.30. The molecule has 2 saturated heterocycles. The van der Waals surface area contributed by atoms with Crippen molar-refractivity contribution in [3.05, 3.63) is 29.3 Å². The van der Waals surface area contributed by atoms with Crippen LogP contribution in [0.5, 0.6) is 5.75 Å². The van der Waals surface area contributed by atoms with E-state index in [9.17, 15) is 9.90 Å². The van der Waals surface area contributed by atoms with Crippen LogP contribution in [0.2, 0.25) is 5.02 Å². The summed E-state index contributed by atoms with van der Waals surface area (Å²) >= 11 is 5.97. The number of aliphatic hydroxyl groups is 1. The molecule has 1 aromatic rings. The number of halogens is 1. The molecule has 3 rings (SSSR count). The Morgan fingerprint density at radius 1 is 1.35 bits per heavy atom. The Bertz CT molecular complexity index is 619. The first-order valence-corrected chi connectivity index (χ1v) is 9.92. The Kier molecular flexibility index (Phi) is 6.43. The van der Waals surface area contributed by atoms with Crippen LogP contribution in [0.15, 0.2) is 24.3 Å². The van der Waals surface area contributed by atoms with E-state index in [0.717, 1.165) is 38.3 Å². The van der Waals surface area contributed by atoms with Gasteiger partial charge in [-0.1, -0.05) is 24.6 Å². The molecule has 6 heteroatoms. The van der Waals surface area contributed by atoms with Crippen molar-refractivity contribution in [2.75, 3.05) is 39.3 Å². The maximum absolute atomic E-state index is 12.7. The summed E-state index contributed by atoms with van der Waals surface area (Å²) in [6.07, 6.45) is 3.74. The Hall–Kier alpha value is -1.30. The SMILES string of the molecule is CC1CCN(CC(=O)N2CCCC(O)(COc3cccc(Cl)c3)C2)CC1. The normalized spacial score (nSPS) is 25.3. The Labute approximate surface area is 160 Å². The standard InChI is InChI=1S/C20H29ClN2O3/c1-16-6-10-22(11-7-16)13-19(24)23-9-3-8-20(25,14-23)15-26-18-5-2-4-17(21)12-18/h2,4-5,12,16,25H,3,6-11,13-15H2,1H3. The number of hydrogen-bond donors (Lipinski definition) is 1. The molecule has 2 aliphatic rings. The third-order valence-corrected chi connectivity index (χ3v) is 5.68. The van der Waals surface area contributed by atoms with Crippen molar-refractivity contribution in [1.82, 2.24) is 9.80 Å². The van der Waals surface area contributed by atoms with Crippen molar-refractivity contribution >= 4 is 17.5 Å². The summed E-state index contributed by atoms with van der Waals surface area (Å²) in [6.45, 7) is 5.91. The van der Waals surface area contributed by atoms with Gasteiger partial charge in [0, 0.05) is 11.6 Å². The number of carbonyl (C=O) groups is 1. The number of rotatable bonds is 5. The molecule has 0 aliphatic carbocycles. The van der Waals surface area contributed by atoms with Gasteiger partial charge in [-0.2, -0.15) is 0 Å². The lowest BCUT2D eigenvalue weighted by atomic mass is 9.93. The highest BCUT2D eigenvalue weighted by Crippen LogP contribution is 2.25. The number of likely N-dealkylation sites (tertiary alicyclic amines) is 2. The molecule has 2 fully saturated rings. The lowest BCUT2D eigenvalue weighted by Gasteiger charge is -2.40. The fraction of sp³-hybridized carbons (Fsp3) is 0.650. The Morgan fingerprint density at radius 2 is 2.12 bits per heavy atom. The maximum Gasteiger partial charge on any atom is 0.236 e. The van der Waals surface area contributed by atoms with E-state index in [-0.39, 0.29) is 12.5 Å². The number of nitrogens with zero attached hydrogens (tertiary/aromatic N) is 2. The first-order chi connectivity index (χ1) is 12.4. The Morgan fingerprint density at radius 3 is 2.85 bits per heavy atom. The lowest BCUT2D eigenvalue weighted by Crippen LogP contribution is -2.55. The monoisotopic (exact) mass is 380 g/mol. The average Bonchev–Trinajstić information content (AvgIpc) is 2.62. The molecular formula is C20H29ClN2O3. The second kappa shape index (κ2) is 8.59. The lowest BCUT2D eigenvalue weighted by molar-refractivity contribution is -0.141. The van der Waals surface area contributed by atoms with Gasteiger partial charge < -0.3 is 14.7 Å². The molecule has 0 spiro atoms. The predicted octanol–water partition coefficient (Wildman–Crippen LogP) is 2.80. The molecule has 144 valence electrons. The van der Waals surface area contributed by atoms with Crippen molar-refractivity contribution in [1.29, 1.82) is 0 Å². The van der Waals surface area contributed by atoms with Crippen LogP contribution in [0.1, 0.15) is 32.6 Å². The Balaban J connectivity index is 1.51. The number of benzene rings is 1. The summed E-state index contributed by atoms with van der Waals surface area (Å²) in [7, 11) is 0. The van der Waals surface area contributed by atoms with Gasteiger partial charge in [0.25, 0.3) is 0 Å². The van der Waals surface area contributed by atoms with Gasteiger partial charge in [-0.05, 0) is 62.9 Å². The molecule has 1 amide bonds. The smallest absolute Gasteiger partial charge is 0.236 e. The molecule has 0 radical (unpaired) electrons. The third kappa shape index (κ3) is 5.35. The minimum atomic E-state index is -1.01. The molecular weight excluding hydrogens is 352 g/mol. The summed E-state index contributed by atoms with van der Waals surface area (Å²) in [6, 6.07) is 7.15. The van der Waals surface area contributed by atoms with Gasteiger partial charge in [0.05, 0.1) is 13.1 Å². The van der Waals surface area contributed by atoms with Gasteiger partial charge in [0.1, 0.15) is 18.0 Å². The van der Waals surface area contributed by atoms with Crippen molar-refractivity contribution in [3.63, 3.8) is 0 Å². The van der Waals surface area contributed by atoms with Crippen LogP contribution in [-0.2, 0) is 4.79 Å². The number of piperidine rings is 2. The molecule has 0 bridgehead atoms. The van der Waals surface area contributed by atoms with Crippen LogP contribution in [-0.4, -0.2) is 65.7 Å².